The van der Waals surface area contributed by atoms with E-state index in [0.717, 1.165) is 48.5 Å². The number of likely N-dealkylation sites (tertiary alicyclic amines) is 1. The minimum atomic E-state index is -0.198. The number of rotatable bonds is 5. The molecule has 1 unspecified atom stereocenters. The van der Waals surface area contributed by atoms with E-state index in [-0.39, 0.29) is 5.82 Å². The Balaban J connectivity index is 1.47. The zero-order valence-electron chi connectivity index (χ0n) is 15.1. The first-order valence-corrected chi connectivity index (χ1v) is 9.04. The Morgan fingerprint density at radius 3 is 3.08 bits per heavy atom. The maximum Gasteiger partial charge on any atom is 0.190 e. The zero-order chi connectivity index (χ0) is 17.6. The number of nitrogens with one attached hydrogen (secondary N) is 3. The molecule has 0 spiro atoms. The van der Waals surface area contributed by atoms with Gasteiger partial charge in [-0.25, -0.2) is 4.39 Å². The molecule has 0 radical (unpaired) electrons. The van der Waals surface area contributed by atoms with Gasteiger partial charge in [-0.1, -0.05) is 0 Å². The summed E-state index contributed by atoms with van der Waals surface area (Å²) in [5.74, 6) is 1.31. The molecule has 5 nitrogen and oxygen atoms in total. The number of benzene rings is 1. The molecule has 3 N–H and O–H groups in total. The van der Waals surface area contributed by atoms with Crippen LogP contribution in [-0.4, -0.2) is 56.1 Å². The van der Waals surface area contributed by atoms with E-state index in [1.807, 2.05) is 6.20 Å². The number of aromatic nitrogens is 1. The van der Waals surface area contributed by atoms with Gasteiger partial charge in [0.1, 0.15) is 5.82 Å². The number of hydrogen-bond donors (Lipinski definition) is 3. The maximum atomic E-state index is 13.4. The maximum absolute atomic E-state index is 13.4. The number of hydrogen-bond acceptors (Lipinski definition) is 2. The largest absolute Gasteiger partial charge is 0.361 e. The first-order chi connectivity index (χ1) is 12.2. The summed E-state index contributed by atoms with van der Waals surface area (Å²) in [6.45, 7) is 4.05. The third kappa shape index (κ3) is 4.72. The van der Waals surface area contributed by atoms with Crippen LogP contribution in [0.5, 0.6) is 0 Å². The Morgan fingerprint density at radius 2 is 2.28 bits per heavy atom. The van der Waals surface area contributed by atoms with Gasteiger partial charge < -0.3 is 20.5 Å². The fourth-order valence-corrected chi connectivity index (χ4v) is 3.57. The number of H-pyrrole nitrogens is 1. The lowest BCUT2D eigenvalue weighted by Gasteiger charge is -2.30. The molecular weight excluding hydrogens is 317 g/mol. The molecule has 0 bridgehead atoms. The fraction of sp³-hybridized carbons (Fsp3) is 0.526. The molecule has 1 aliphatic rings. The quantitative estimate of drug-likeness (QED) is 0.576. The number of fused-ring (bicyclic) bond motifs is 1. The summed E-state index contributed by atoms with van der Waals surface area (Å²) in [6.07, 6.45) is 5.32. The van der Waals surface area contributed by atoms with Crippen molar-refractivity contribution in [1.29, 1.82) is 0 Å². The number of halogens is 1. The first kappa shape index (κ1) is 17.7. The summed E-state index contributed by atoms with van der Waals surface area (Å²) < 4.78 is 13.4. The number of guanidine groups is 1. The van der Waals surface area contributed by atoms with Gasteiger partial charge >= 0.3 is 0 Å². The van der Waals surface area contributed by atoms with Crippen LogP contribution in [0.1, 0.15) is 18.4 Å². The van der Waals surface area contributed by atoms with Crippen LogP contribution in [0.2, 0.25) is 0 Å². The van der Waals surface area contributed by atoms with E-state index in [0.29, 0.717) is 5.92 Å². The van der Waals surface area contributed by atoms with Gasteiger partial charge in [0.25, 0.3) is 0 Å². The van der Waals surface area contributed by atoms with Crippen molar-refractivity contribution in [3.63, 3.8) is 0 Å². The molecular formula is C19H28FN5. The topological polar surface area (TPSA) is 55.5 Å². The summed E-state index contributed by atoms with van der Waals surface area (Å²) in [7, 11) is 3.98. The normalized spacial score (nSPS) is 19.3. The van der Waals surface area contributed by atoms with Crippen LogP contribution < -0.4 is 10.6 Å². The second-order valence-electron chi connectivity index (χ2n) is 6.90. The Bertz CT molecular complexity index is 724. The van der Waals surface area contributed by atoms with Crippen LogP contribution in [0.25, 0.3) is 10.9 Å². The molecule has 1 fully saturated rings. The molecule has 1 aromatic carbocycles. The number of nitrogens with zero attached hydrogens (tertiary/aromatic N) is 2. The fourth-order valence-electron chi connectivity index (χ4n) is 3.57. The monoisotopic (exact) mass is 345 g/mol. The molecule has 1 aromatic heterocycles. The van der Waals surface area contributed by atoms with Gasteiger partial charge in [-0.15, -0.1) is 0 Å². The second kappa shape index (κ2) is 8.34. The van der Waals surface area contributed by atoms with E-state index in [1.54, 1.807) is 19.2 Å². The summed E-state index contributed by atoms with van der Waals surface area (Å²) in [4.78, 5) is 9.89. The molecule has 136 valence electrons. The predicted molar refractivity (Wildman–Crippen MR) is 102 cm³/mol. The van der Waals surface area contributed by atoms with Crippen LogP contribution in [0, 0.1) is 11.7 Å². The highest BCUT2D eigenvalue weighted by atomic mass is 19.1. The van der Waals surface area contributed by atoms with Crippen molar-refractivity contribution in [3.8, 4) is 0 Å². The molecule has 0 aliphatic carbocycles. The Kier molecular flexibility index (Phi) is 5.91. The van der Waals surface area contributed by atoms with Gasteiger partial charge in [-0.05, 0) is 62.5 Å². The van der Waals surface area contributed by atoms with Gasteiger partial charge in [-0.3, -0.25) is 4.99 Å². The molecule has 6 heteroatoms. The highest BCUT2D eigenvalue weighted by Crippen LogP contribution is 2.19. The second-order valence-corrected chi connectivity index (χ2v) is 6.90. The number of aliphatic imine (C=N–C) groups is 1. The Hall–Kier alpha value is -2.08. The van der Waals surface area contributed by atoms with E-state index < -0.39 is 0 Å². The molecule has 1 aliphatic heterocycles. The van der Waals surface area contributed by atoms with Crippen molar-refractivity contribution in [2.45, 2.75) is 19.3 Å². The van der Waals surface area contributed by atoms with Crippen LogP contribution in [0.15, 0.2) is 29.4 Å². The van der Waals surface area contributed by atoms with E-state index in [2.05, 4.69) is 32.6 Å². The van der Waals surface area contributed by atoms with Crippen molar-refractivity contribution >= 4 is 16.9 Å². The van der Waals surface area contributed by atoms with Gasteiger partial charge in [0.05, 0.1) is 0 Å². The van der Waals surface area contributed by atoms with Crippen molar-refractivity contribution < 1.29 is 4.39 Å². The minimum Gasteiger partial charge on any atom is -0.361 e. The molecule has 2 aromatic rings. The van der Waals surface area contributed by atoms with Crippen molar-refractivity contribution in [2.24, 2.45) is 10.9 Å². The highest BCUT2D eigenvalue weighted by Gasteiger charge is 2.17. The molecule has 1 saturated heterocycles. The van der Waals surface area contributed by atoms with Gasteiger partial charge in [-0.2, -0.15) is 0 Å². The number of aromatic amines is 1. The molecule has 0 amide bonds. The van der Waals surface area contributed by atoms with E-state index in [4.69, 9.17) is 0 Å². The van der Waals surface area contributed by atoms with Crippen LogP contribution in [-0.2, 0) is 6.42 Å². The standard InChI is InChI=1S/C19H28FN5/c1-21-19(24-11-14-4-3-9-25(2)13-14)22-8-7-15-12-23-18-6-5-16(20)10-17(15)18/h5-6,10,12,14,23H,3-4,7-9,11,13H2,1-2H3,(H2,21,22,24). The van der Waals surface area contributed by atoms with Gasteiger partial charge in [0, 0.05) is 43.8 Å². The SMILES string of the molecule is CN=C(NCCc1c[nH]c2ccc(F)cc12)NCC1CCCN(C)C1. The Morgan fingerprint density at radius 1 is 1.40 bits per heavy atom. The first-order valence-electron chi connectivity index (χ1n) is 9.04. The number of piperidine rings is 1. The lowest BCUT2D eigenvalue weighted by Crippen LogP contribution is -2.44. The average Bonchev–Trinajstić information content (AvgIpc) is 3.00. The van der Waals surface area contributed by atoms with Crippen LogP contribution in [0.3, 0.4) is 0 Å². The molecule has 0 saturated carbocycles. The Labute approximate surface area is 148 Å². The van der Waals surface area contributed by atoms with Gasteiger partial charge in [0.15, 0.2) is 5.96 Å². The molecule has 3 rings (SSSR count). The third-order valence-corrected chi connectivity index (χ3v) is 4.92. The van der Waals surface area contributed by atoms with Crippen LogP contribution in [0.4, 0.5) is 4.39 Å². The smallest absolute Gasteiger partial charge is 0.190 e. The summed E-state index contributed by atoms with van der Waals surface area (Å²) in [6, 6.07) is 4.85. The van der Waals surface area contributed by atoms with Crippen LogP contribution >= 0.6 is 0 Å². The van der Waals surface area contributed by atoms with E-state index in [9.17, 15) is 4.39 Å². The van der Waals surface area contributed by atoms with E-state index >= 15 is 0 Å². The van der Waals surface area contributed by atoms with E-state index in [1.165, 1.54) is 25.5 Å². The minimum absolute atomic E-state index is 0.198. The van der Waals surface area contributed by atoms with Crippen molar-refractivity contribution in [3.05, 3.63) is 35.8 Å². The third-order valence-electron chi connectivity index (χ3n) is 4.92. The lowest BCUT2D eigenvalue weighted by molar-refractivity contribution is 0.210. The molecule has 2 heterocycles. The summed E-state index contributed by atoms with van der Waals surface area (Å²) in [5, 5.41) is 7.74. The molecule has 25 heavy (non-hydrogen) atoms. The lowest BCUT2D eigenvalue weighted by atomic mass is 9.99. The van der Waals surface area contributed by atoms with Gasteiger partial charge in [0.2, 0.25) is 0 Å². The van der Waals surface area contributed by atoms with Crippen molar-refractivity contribution in [2.75, 3.05) is 40.3 Å². The average molecular weight is 345 g/mol. The summed E-state index contributed by atoms with van der Waals surface area (Å²) in [5.41, 5.74) is 2.09. The zero-order valence-corrected chi connectivity index (χ0v) is 15.1. The predicted octanol–water partition coefficient (Wildman–Crippen LogP) is 2.36. The molecule has 1 atom stereocenters. The summed E-state index contributed by atoms with van der Waals surface area (Å²) >= 11 is 0. The highest BCUT2D eigenvalue weighted by molar-refractivity contribution is 5.83. The van der Waals surface area contributed by atoms with Crippen molar-refractivity contribution in [1.82, 2.24) is 20.5 Å².